The lowest BCUT2D eigenvalue weighted by Crippen LogP contribution is -2.46. The lowest BCUT2D eigenvalue weighted by atomic mass is 9.97. The molecule has 4 N–H and O–H groups in total. The molecule has 0 bridgehead atoms. The van der Waals surface area contributed by atoms with Crippen LogP contribution >= 0.6 is 8.25 Å². The van der Waals surface area contributed by atoms with Crippen molar-refractivity contribution in [2.24, 2.45) is 0 Å². The number of aromatic amines is 1. The van der Waals surface area contributed by atoms with Crippen molar-refractivity contribution in [2.75, 3.05) is 12.3 Å². The van der Waals surface area contributed by atoms with Crippen LogP contribution in [0.5, 0.6) is 5.75 Å². The molecule has 31 heavy (non-hydrogen) atoms. The molecule has 1 aliphatic heterocycles. The van der Waals surface area contributed by atoms with Crippen molar-refractivity contribution in [1.29, 1.82) is 0 Å². The maximum Gasteiger partial charge on any atom is 0.368 e. The maximum atomic E-state index is 15.3. The molecule has 166 valence electrons. The molecule has 0 aliphatic carbocycles. The first-order chi connectivity index (χ1) is 14.6. The standard InChI is InChI=1S/C17H18F2N5O6P/c1-16(26)13(18)17(19,7-28-31(27)30-9-5-3-2-4-6-9)29-14(16)24-8-21-10-11(24)22-15(20)23-12(10)25/h2-6,8,13-14,26,31H,7H2,1H3,(H3,20,22,23,25)/t13-,14+,16+,17+/m0/s1. The Hall–Kier alpha value is -2.86. The van der Waals surface area contributed by atoms with Gasteiger partial charge in [-0.3, -0.25) is 18.9 Å². The number of aliphatic hydroxyl groups is 1. The number of H-pyrrole nitrogens is 1. The summed E-state index contributed by atoms with van der Waals surface area (Å²) >= 11 is 0. The predicted molar refractivity (Wildman–Crippen MR) is 104 cm³/mol. The molecule has 0 radical (unpaired) electrons. The average molecular weight is 457 g/mol. The molecule has 2 aromatic heterocycles. The Bertz CT molecular complexity index is 1190. The summed E-state index contributed by atoms with van der Waals surface area (Å²) in [7, 11) is -3.25. The molecule has 1 aliphatic rings. The summed E-state index contributed by atoms with van der Waals surface area (Å²) in [6, 6.07) is 7.97. The third-order valence-corrected chi connectivity index (χ3v) is 5.52. The van der Waals surface area contributed by atoms with Gasteiger partial charge in [-0.15, -0.1) is 0 Å². The highest BCUT2D eigenvalue weighted by Crippen LogP contribution is 2.48. The van der Waals surface area contributed by atoms with Crippen LogP contribution in [-0.4, -0.2) is 48.9 Å². The molecule has 1 saturated heterocycles. The maximum absolute atomic E-state index is 15.3. The third kappa shape index (κ3) is 3.81. The molecular weight excluding hydrogens is 439 g/mol. The number of nitrogens with one attached hydrogen (secondary N) is 1. The Kier molecular flexibility index (Phi) is 5.30. The highest BCUT2D eigenvalue weighted by atomic mass is 31.1. The van der Waals surface area contributed by atoms with E-state index in [1.54, 1.807) is 18.2 Å². The van der Waals surface area contributed by atoms with E-state index < -0.39 is 44.3 Å². The van der Waals surface area contributed by atoms with E-state index in [1.807, 2.05) is 0 Å². The number of nitrogen functional groups attached to an aromatic ring is 1. The largest absolute Gasteiger partial charge is 0.426 e. The molecule has 1 aromatic carbocycles. The highest BCUT2D eigenvalue weighted by molar-refractivity contribution is 7.33. The van der Waals surface area contributed by atoms with Crippen molar-refractivity contribution in [3.05, 3.63) is 47.0 Å². The predicted octanol–water partition coefficient (Wildman–Crippen LogP) is 1.47. The van der Waals surface area contributed by atoms with Crippen molar-refractivity contribution >= 4 is 25.4 Å². The highest BCUT2D eigenvalue weighted by Gasteiger charge is 2.64. The van der Waals surface area contributed by atoms with Gasteiger partial charge in [-0.25, -0.2) is 18.3 Å². The number of imidazole rings is 1. The Morgan fingerprint density at radius 1 is 1.42 bits per heavy atom. The van der Waals surface area contributed by atoms with E-state index in [2.05, 4.69) is 15.0 Å². The molecule has 14 heteroatoms. The van der Waals surface area contributed by atoms with Crippen LogP contribution < -0.4 is 15.8 Å². The molecule has 11 nitrogen and oxygen atoms in total. The van der Waals surface area contributed by atoms with E-state index in [1.165, 1.54) is 12.1 Å². The number of para-hydroxylation sites is 1. The number of anilines is 1. The number of hydrogen-bond donors (Lipinski definition) is 3. The summed E-state index contributed by atoms with van der Waals surface area (Å²) in [5.74, 6) is -3.23. The minimum atomic E-state index is -3.25. The van der Waals surface area contributed by atoms with E-state index in [0.29, 0.717) is 0 Å². The molecule has 4 rings (SSSR count). The number of rotatable bonds is 6. The number of alkyl halides is 2. The van der Waals surface area contributed by atoms with E-state index in [9.17, 15) is 18.9 Å². The fourth-order valence-corrected chi connectivity index (χ4v) is 3.96. The van der Waals surface area contributed by atoms with Crippen molar-refractivity contribution in [2.45, 2.75) is 30.8 Å². The van der Waals surface area contributed by atoms with Gasteiger partial charge in [0.05, 0.1) is 6.33 Å². The second-order valence-electron chi connectivity index (χ2n) is 7.07. The van der Waals surface area contributed by atoms with E-state index >= 15 is 4.39 Å². The van der Waals surface area contributed by atoms with Crippen molar-refractivity contribution in [3.63, 3.8) is 0 Å². The first kappa shape index (κ1) is 21.4. The summed E-state index contributed by atoms with van der Waals surface area (Å²) in [5.41, 5.74) is 2.09. The van der Waals surface area contributed by atoms with E-state index in [-0.39, 0.29) is 22.9 Å². The number of nitrogens with two attached hydrogens (primary N) is 1. The molecule has 0 amide bonds. The fraction of sp³-hybridized carbons (Fsp3) is 0.353. The number of hydrogen-bond acceptors (Lipinski definition) is 9. The summed E-state index contributed by atoms with van der Waals surface area (Å²) in [5, 5.41) is 10.6. The van der Waals surface area contributed by atoms with Gasteiger partial charge >= 0.3 is 8.25 Å². The molecule has 0 spiro atoms. The second kappa shape index (κ2) is 7.68. The molecular formula is C17H18F2N5O6P. The van der Waals surface area contributed by atoms with Gasteiger partial charge in [0.15, 0.2) is 23.6 Å². The lowest BCUT2D eigenvalue weighted by molar-refractivity contribution is -0.191. The fourth-order valence-electron chi connectivity index (χ4n) is 3.26. The molecule has 3 aromatic rings. The van der Waals surface area contributed by atoms with E-state index in [4.69, 9.17) is 19.5 Å². The van der Waals surface area contributed by atoms with Gasteiger partial charge in [0.1, 0.15) is 18.0 Å². The monoisotopic (exact) mass is 457 g/mol. The van der Waals surface area contributed by atoms with Crippen LogP contribution in [0.15, 0.2) is 41.5 Å². The van der Waals surface area contributed by atoms with Crippen LogP contribution in [0.25, 0.3) is 11.2 Å². The summed E-state index contributed by atoms with van der Waals surface area (Å²) in [4.78, 5) is 21.9. The van der Waals surface area contributed by atoms with Gasteiger partial charge in [-0.05, 0) is 19.1 Å². The minimum absolute atomic E-state index is 0.148. The normalized spacial score (nSPS) is 29.3. The molecule has 1 fully saturated rings. The van der Waals surface area contributed by atoms with Gasteiger partial charge in [-0.2, -0.15) is 4.98 Å². The summed E-state index contributed by atoms with van der Waals surface area (Å²) in [6.45, 7) is -0.135. The zero-order valence-electron chi connectivity index (χ0n) is 16.0. The van der Waals surface area contributed by atoms with Crippen molar-refractivity contribution in [1.82, 2.24) is 19.5 Å². The van der Waals surface area contributed by atoms with Gasteiger partial charge in [0.2, 0.25) is 5.95 Å². The Morgan fingerprint density at radius 2 is 2.13 bits per heavy atom. The Morgan fingerprint density at radius 3 is 2.84 bits per heavy atom. The average Bonchev–Trinajstić information content (AvgIpc) is 3.21. The minimum Gasteiger partial charge on any atom is -0.426 e. The van der Waals surface area contributed by atoms with Crippen LogP contribution in [0.2, 0.25) is 0 Å². The zero-order valence-corrected chi connectivity index (χ0v) is 17.0. The number of halogens is 2. The Labute approximate surface area is 173 Å². The lowest BCUT2D eigenvalue weighted by Gasteiger charge is -2.25. The van der Waals surface area contributed by atoms with E-state index in [0.717, 1.165) is 17.8 Å². The van der Waals surface area contributed by atoms with Crippen LogP contribution in [0, 0.1) is 0 Å². The van der Waals surface area contributed by atoms with Crippen molar-refractivity contribution < 1.29 is 32.2 Å². The molecule has 1 unspecified atom stereocenters. The molecule has 3 heterocycles. The summed E-state index contributed by atoms with van der Waals surface area (Å²) < 4.78 is 58.2. The molecule has 5 atom stereocenters. The number of ether oxygens (including phenoxy) is 1. The second-order valence-corrected chi connectivity index (χ2v) is 8.07. The Balaban J connectivity index is 1.56. The van der Waals surface area contributed by atoms with Crippen LogP contribution in [0.1, 0.15) is 13.2 Å². The van der Waals surface area contributed by atoms with Crippen LogP contribution in [0.3, 0.4) is 0 Å². The van der Waals surface area contributed by atoms with Gasteiger partial charge < -0.3 is 20.1 Å². The van der Waals surface area contributed by atoms with Crippen LogP contribution in [0.4, 0.5) is 14.7 Å². The molecule has 0 saturated carbocycles. The summed E-state index contributed by atoms with van der Waals surface area (Å²) in [6.07, 6.45) is -3.27. The SMILES string of the molecule is C[C@]1(O)[C@H](n2cnc3c(=O)[nH]c(N)nc32)O[C@](F)(CO[PH](=O)Oc2ccccc2)[C@H]1F. The number of aromatic nitrogens is 4. The van der Waals surface area contributed by atoms with Crippen molar-refractivity contribution in [3.8, 4) is 5.75 Å². The number of nitrogens with zero attached hydrogens (tertiary/aromatic N) is 3. The third-order valence-electron chi connectivity index (χ3n) is 4.73. The topological polar surface area (TPSA) is 155 Å². The zero-order chi connectivity index (χ0) is 22.4. The quantitative estimate of drug-likeness (QED) is 0.467. The van der Waals surface area contributed by atoms with Gasteiger partial charge in [-0.1, -0.05) is 18.2 Å². The first-order valence-corrected chi connectivity index (χ1v) is 10.2. The van der Waals surface area contributed by atoms with Gasteiger partial charge in [0, 0.05) is 0 Å². The van der Waals surface area contributed by atoms with Crippen LogP contribution in [-0.2, 0) is 13.8 Å². The first-order valence-electron chi connectivity index (χ1n) is 8.97. The smallest absolute Gasteiger partial charge is 0.368 e. The van der Waals surface area contributed by atoms with Gasteiger partial charge in [0.25, 0.3) is 11.4 Å². The number of benzene rings is 1. The number of fused-ring (bicyclic) bond motifs is 1.